The van der Waals surface area contributed by atoms with E-state index in [1.807, 2.05) is 6.07 Å². The van der Waals surface area contributed by atoms with Crippen molar-refractivity contribution in [2.75, 3.05) is 12.9 Å². The number of aromatic amines is 1. The van der Waals surface area contributed by atoms with E-state index in [1.165, 1.54) is 18.3 Å². The molecule has 10 heteroatoms. The topological polar surface area (TPSA) is 118 Å². The molecule has 2 aromatic heterocycles. The Labute approximate surface area is 167 Å². The van der Waals surface area contributed by atoms with Crippen LogP contribution in [0.3, 0.4) is 0 Å². The van der Waals surface area contributed by atoms with Gasteiger partial charge in [0, 0.05) is 18.2 Å². The van der Waals surface area contributed by atoms with Crippen molar-refractivity contribution in [2.45, 2.75) is 13.0 Å². The Hall–Kier alpha value is -3.29. The van der Waals surface area contributed by atoms with Gasteiger partial charge in [-0.1, -0.05) is 12.1 Å². The lowest BCUT2D eigenvalue weighted by molar-refractivity contribution is 0.284. The summed E-state index contributed by atoms with van der Waals surface area (Å²) in [6.07, 6.45) is 2.63. The molecule has 0 atom stereocenters. The number of aromatic nitrogens is 3. The average molecular weight is 416 g/mol. The average Bonchev–Trinajstić information content (AvgIpc) is 3.09. The second-order valence-electron chi connectivity index (χ2n) is 6.11. The summed E-state index contributed by atoms with van der Waals surface area (Å²) in [6.45, 7) is 0.0315. The van der Waals surface area contributed by atoms with Crippen LogP contribution in [0.1, 0.15) is 16.7 Å². The second-order valence-corrected chi connectivity index (χ2v) is 7.76. The largest absolute Gasteiger partial charge is 0.473 e. The first-order valence-corrected chi connectivity index (χ1v) is 10.3. The number of H-pyrrole nitrogens is 1. The summed E-state index contributed by atoms with van der Waals surface area (Å²) in [5.74, 6) is -0.0368. The Balaban J connectivity index is 1.87. The van der Waals surface area contributed by atoms with Gasteiger partial charge in [0.15, 0.2) is 0 Å². The van der Waals surface area contributed by atoms with Crippen molar-refractivity contribution in [3.8, 4) is 23.3 Å². The van der Waals surface area contributed by atoms with Crippen molar-refractivity contribution < 1.29 is 21.7 Å². The van der Waals surface area contributed by atoms with E-state index in [0.29, 0.717) is 28.4 Å². The minimum atomic E-state index is -3.60. The minimum Gasteiger partial charge on any atom is -0.473 e. The van der Waals surface area contributed by atoms with Crippen LogP contribution in [0, 0.1) is 17.1 Å². The summed E-state index contributed by atoms with van der Waals surface area (Å²) < 4.78 is 46.2. The third-order valence-electron chi connectivity index (χ3n) is 3.91. The maximum atomic E-state index is 13.1. The summed E-state index contributed by atoms with van der Waals surface area (Å²) >= 11 is 0. The van der Waals surface area contributed by atoms with Crippen LogP contribution in [0.15, 0.2) is 42.6 Å². The predicted octanol–water partition coefficient (Wildman–Crippen LogP) is 2.58. The normalized spacial score (nSPS) is 11.2. The molecule has 0 spiro atoms. The van der Waals surface area contributed by atoms with Crippen LogP contribution in [0.2, 0.25) is 0 Å². The molecule has 3 aromatic rings. The SMILES string of the molecule is CS(=O)(=O)OCCc1c(-c2cc(C#N)ccn2)n[nH]c1OCc1ccc(F)cc1. The van der Waals surface area contributed by atoms with Crippen molar-refractivity contribution in [1.29, 1.82) is 5.26 Å². The first-order chi connectivity index (χ1) is 13.9. The number of nitrogens with one attached hydrogen (secondary N) is 1. The highest BCUT2D eigenvalue weighted by Gasteiger charge is 2.18. The van der Waals surface area contributed by atoms with Gasteiger partial charge < -0.3 is 4.74 Å². The molecule has 0 aliphatic carbocycles. The highest BCUT2D eigenvalue weighted by Crippen LogP contribution is 2.28. The maximum absolute atomic E-state index is 13.1. The molecule has 0 saturated carbocycles. The minimum absolute atomic E-state index is 0.115. The molecular weight excluding hydrogens is 399 g/mol. The van der Waals surface area contributed by atoms with Gasteiger partial charge in [0.05, 0.1) is 30.2 Å². The van der Waals surface area contributed by atoms with Gasteiger partial charge in [0.1, 0.15) is 18.1 Å². The zero-order chi connectivity index (χ0) is 20.9. The van der Waals surface area contributed by atoms with Gasteiger partial charge in [-0.2, -0.15) is 18.8 Å². The molecule has 2 heterocycles. The fourth-order valence-corrected chi connectivity index (χ4v) is 2.96. The molecule has 0 radical (unpaired) electrons. The molecule has 0 fully saturated rings. The van der Waals surface area contributed by atoms with Gasteiger partial charge in [-0.05, 0) is 29.8 Å². The lowest BCUT2D eigenvalue weighted by Crippen LogP contribution is -2.07. The second kappa shape index (κ2) is 8.81. The van der Waals surface area contributed by atoms with Crippen LogP contribution in [-0.4, -0.2) is 36.5 Å². The number of nitriles is 1. The number of rotatable bonds is 8. The molecule has 0 unspecified atom stereocenters. The number of hydrogen-bond acceptors (Lipinski definition) is 7. The summed E-state index contributed by atoms with van der Waals surface area (Å²) in [5.41, 5.74) is 2.56. The third-order valence-corrected chi connectivity index (χ3v) is 4.50. The third kappa shape index (κ3) is 5.60. The Morgan fingerprint density at radius 3 is 2.69 bits per heavy atom. The number of nitrogens with zero attached hydrogens (tertiary/aromatic N) is 3. The number of hydrogen-bond donors (Lipinski definition) is 1. The summed E-state index contributed by atoms with van der Waals surface area (Å²) in [7, 11) is -3.60. The van der Waals surface area contributed by atoms with Gasteiger partial charge in [-0.25, -0.2) is 9.49 Å². The monoisotopic (exact) mass is 416 g/mol. The van der Waals surface area contributed by atoms with Gasteiger partial charge in [0.25, 0.3) is 10.1 Å². The molecule has 0 bridgehead atoms. The maximum Gasteiger partial charge on any atom is 0.264 e. The standard InChI is InChI=1S/C19H17FN4O4S/c1-29(25,26)28-9-7-16-18(17-10-14(11-21)6-8-22-17)23-24-19(16)27-12-13-2-4-15(20)5-3-13/h2-6,8,10H,7,9,12H2,1H3,(H,23,24). The van der Waals surface area contributed by atoms with E-state index in [0.717, 1.165) is 11.8 Å². The summed E-state index contributed by atoms with van der Waals surface area (Å²) in [4.78, 5) is 4.23. The number of benzene rings is 1. The molecule has 1 N–H and O–H groups in total. The fraction of sp³-hybridized carbons (Fsp3) is 0.211. The highest BCUT2D eigenvalue weighted by atomic mass is 32.2. The first kappa shape index (κ1) is 20.4. The predicted molar refractivity (Wildman–Crippen MR) is 102 cm³/mol. The van der Waals surface area contributed by atoms with Gasteiger partial charge in [-0.3, -0.25) is 9.17 Å². The van der Waals surface area contributed by atoms with Gasteiger partial charge in [0.2, 0.25) is 5.88 Å². The van der Waals surface area contributed by atoms with Crippen molar-refractivity contribution in [3.63, 3.8) is 0 Å². The van der Waals surface area contributed by atoms with E-state index in [4.69, 9.17) is 14.2 Å². The Bertz CT molecular complexity index is 1140. The van der Waals surface area contributed by atoms with Crippen LogP contribution < -0.4 is 4.74 Å². The first-order valence-electron chi connectivity index (χ1n) is 8.51. The summed E-state index contributed by atoms with van der Waals surface area (Å²) in [6, 6.07) is 11.0. The van der Waals surface area contributed by atoms with Crippen molar-refractivity contribution >= 4 is 10.1 Å². The molecule has 0 aliphatic rings. The molecule has 29 heavy (non-hydrogen) atoms. The van der Waals surface area contributed by atoms with E-state index in [2.05, 4.69) is 15.2 Å². The van der Waals surface area contributed by atoms with Crippen molar-refractivity contribution in [2.24, 2.45) is 0 Å². The van der Waals surface area contributed by atoms with E-state index in [1.54, 1.807) is 24.3 Å². The molecule has 0 saturated heterocycles. The molecular formula is C19H17FN4O4S. The quantitative estimate of drug-likeness (QED) is 0.561. The Morgan fingerprint density at radius 2 is 2.00 bits per heavy atom. The number of pyridine rings is 1. The summed E-state index contributed by atoms with van der Waals surface area (Å²) in [5, 5.41) is 16.1. The van der Waals surface area contributed by atoms with Crippen LogP contribution in [0.5, 0.6) is 5.88 Å². The molecule has 1 aromatic carbocycles. The van der Waals surface area contributed by atoms with Crippen LogP contribution >= 0.6 is 0 Å². The lowest BCUT2D eigenvalue weighted by Gasteiger charge is -2.08. The van der Waals surface area contributed by atoms with Gasteiger partial charge in [-0.15, -0.1) is 0 Å². The van der Waals surface area contributed by atoms with Crippen LogP contribution in [-0.2, 0) is 27.3 Å². The molecule has 0 aliphatic heterocycles. The lowest BCUT2D eigenvalue weighted by atomic mass is 10.1. The molecule has 3 rings (SSSR count). The van der Waals surface area contributed by atoms with Crippen molar-refractivity contribution in [3.05, 3.63) is 65.1 Å². The van der Waals surface area contributed by atoms with E-state index in [-0.39, 0.29) is 25.5 Å². The smallest absolute Gasteiger partial charge is 0.264 e. The molecule has 8 nitrogen and oxygen atoms in total. The fourth-order valence-electron chi connectivity index (χ4n) is 2.57. The highest BCUT2D eigenvalue weighted by molar-refractivity contribution is 7.85. The Kier molecular flexibility index (Phi) is 6.21. The molecule has 150 valence electrons. The Morgan fingerprint density at radius 1 is 1.24 bits per heavy atom. The zero-order valence-corrected chi connectivity index (χ0v) is 16.2. The van der Waals surface area contributed by atoms with Crippen LogP contribution in [0.25, 0.3) is 11.4 Å². The number of halogens is 1. The number of ether oxygens (including phenoxy) is 1. The van der Waals surface area contributed by atoms with Crippen LogP contribution in [0.4, 0.5) is 4.39 Å². The van der Waals surface area contributed by atoms with E-state index in [9.17, 15) is 12.8 Å². The zero-order valence-electron chi connectivity index (χ0n) is 15.4. The van der Waals surface area contributed by atoms with Crippen molar-refractivity contribution in [1.82, 2.24) is 15.2 Å². The van der Waals surface area contributed by atoms with E-state index >= 15 is 0 Å². The van der Waals surface area contributed by atoms with Gasteiger partial charge >= 0.3 is 0 Å². The molecule has 0 amide bonds. The van der Waals surface area contributed by atoms with E-state index < -0.39 is 10.1 Å².